The summed E-state index contributed by atoms with van der Waals surface area (Å²) in [5, 5.41) is 0. The first-order valence-electron chi connectivity index (χ1n) is 5.70. The molecule has 1 saturated heterocycles. The van der Waals surface area contributed by atoms with Gasteiger partial charge in [0.05, 0.1) is 0 Å². The van der Waals surface area contributed by atoms with Gasteiger partial charge in [-0.3, -0.25) is 9.88 Å². The summed E-state index contributed by atoms with van der Waals surface area (Å²) < 4.78 is 0. The highest BCUT2D eigenvalue weighted by Gasteiger charge is 2.17. The second-order valence-electron chi connectivity index (χ2n) is 4.31. The second-order valence-corrected chi connectivity index (χ2v) is 4.31. The van der Waals surface area contributed by atoms with E-state index in [2.05, 4.69) is 22.0 Å². The first-order chi connectivity index (χ1) is 7.38. The van der Waals surface area contributed by atoms with Crippen LogP contribution >= 0.6 is 0 Å². The fraction of sp³-hybridized carbons (Fsp3) is 0.583. The maximum atomic E-state index is 5.67. The fourth-order valence-electron chi connectivity index (χ4n) is 2.13. The van der Waals surface area contributed by atoms with E-state index in [-0.39, 0.29) is 0 Å². The van der Waals surface area contributed by atoms with Crippen LogP contribution in [0.3, 0.4) is 0 Å². The molecule has 0 bridgehead atoms. The number of hydrogen-bond acceptors (Lipinski definition) is 3. The Kier molecular flexibility index (Phi) is 3.69. The zero-order valence-corrected chi connectivity index (χ0v) is 9.10. The van der Waals surface area contributed by atoms with Crippen molar-refractivity contribution in [2.24, 2.45) is 11.7 Å². The minimum absolute atomic E-state index is 0.749. The molecule has 0 amide bonds. The zero-order chi connectivity index (χ0) is 10.5. The summed E-state index contributed by atoms with van der Waals surface area (Å²) in [5.41, 5.74) is 7.03. The summed E-state index contributed by atoms with van der Waals surface area (Å²) in [4.78, 5) is 6.53. The Labute approximate surface area is 91.3 Å². The van der Waals surface area contributed by atoms with Crippen LogP contribution in [0.5, 0.6) is 0 Å². The van der Waals surface area contributed by atoms with Gasteiger partial charge >= 0.3 is 0 Å². The first kappa shape index (κ1) is 10.6. The van der Waals surface area contributed by atoms with E-state index in [1.165, 1.54) is 31.5 Å². The molecule has 2 rings (SSSR count). The lowest BCUT2D eigenvalue weighted by Gasteiger charge is -2.31. The maximum absolute atomic E-state index is 5.67. The maximum Gasteiger partial charge on any atom is 0.0271 e. The quantitative estimate of drug-likeness (QED) is 0.807. The molecule has 0 spiro atoms. The molecule has 1 aliphatic rings. The highest BCUT2D eigenvalue weighted by atomic mass is 15.1. The van der Waals surface area contributed by atoms with Crippen LogP contribution in [-0.4, -0.2) is 29.5 Å². The molecule has 3 heteroatoms. The standard InChI is InChI=1S/C12H19N3/c13-9-11-3-7-15(8-4-11)10-12-1-5-14-6-2-12/h1-2,5-6,11H,3-4,7-10,13H2. The number of nitrogens with zero attached hydrogens (tertiary/aromatic N) is 2. The van der Waals surface area contributed by atoms with Gasteiger partial charge in [0.2, 0.25) is 0 Å². The molecule has 1 fully saturated rings. The lowest BCUT2D eigenvalue weighted by Crippen LogP contribution is -2.35. The van der Waals surface area contributed by atoms with E-state index in [1.54, 1.807) is 0 Å². The van der Waals surface area contributed by atoms with Gasteiger partial charge in [0.1, 0.15) is 0 Å². The van der Waals surface area contributed by atoms with E-state index in [1.807, 2.05) is 12.4 Å². The highest BCUT2D eigenvalue weighted by molar-refractivity contribution is 5.09. The summed E-state index contributed by atoms with van der Waals surface area (Å²) in [5.74, 6) is 0.749. The topological polar surface area (TPSA) is 42.1 Å². The Hall–Kier alpha value is -0.930. The Morgan fingerprint density at radius 1 is 1.27 bits per heavy atom. The van der Waals surface area contributed by atoms with Gasteiger partial charge in [0, 0.05) is 18.9 Å². The number of aromatic nitrogens is 1. The van der Waals surface area contributed by atoms with Crippen molar-refractivity contribution in [3.05, 3.63) is 30.1 Å². The highest BCUT2D eigenvalue weighted by Crippen LogP contribution is 2.17. The molecule has 2 N–H and O–H groups in total. The molecule has 1 aliphatic heterocycles. The Morgan fingerprint density at radius 3 is 2.53 bits per heavy atom. The van der Waals surface area contributed by atoms with Gasteiger partial charge in [0.15, 0.2) is 0 Å². The zero-order valence-electron chi connectivity index (χ0n) is 9.10. The molecule has 82 valence electrons. The third-order valence-electron chi connectivity index (χ3n) is 3.20. The fourth-order valence-corrected chi connectivity index (χ4v) is 2.13. The molecule has 0 aromatic carbocycles. The molecule has 15 heavy (non-hydrogen) atoms. The van der Waals surface area contributed by atoms with Crippen LogP contribution in [0, 0.1) is 5.92 Å². The predicted molar refractivity (Wildman–Crippen MR) is 61.3 cm³/mol. The number of likely N-dealkylation sites (tertiary alicyclic amines) is 1. The largest absolute Gasteiger partial charge is 0.330 e. The van der Waals surface area contributed by atoms with Crippen molar-refractivity contribution in [1.29, 1.82) is 0 Å². The van der Waals surface area contributed by atoms with Crippen LogP contribution in [0.1, 0.15) is 18.4 Å². The van der Waals surface area contributed by atoms with Gasteiger partial charge in [-0.1, -0.05) is 0 Å². The van der Waals surface area contributed by atoms with Gasteiger partial charge in [-0.05, 0) is 56.1 Å². The summed E-state index contributed by atoms with van der Waals surface area (Å²) in [6.07, 6.45) is 6.23. The number of rotatable bonds is 3. The van der Waals surface area contributed by atoms with Gasteiger partial charge < -0.3 is 5.73 Å². The molecule has 0 aliphatic carbocycles. The van der Waals surface area contributed by atoms with Crippen molar-refractivity contribution in [2.45, 2.75) is 19.4 Å². The van der Waals surface area contributed by atoms with Gasteiger partial charge in [-0.25, -0.2) is 0 Å². The van der Waals surface area contributed by atoms with Crippen LogP contribution in [0.25, 0.3) is 0 Å². The molecular weight excluding hydrogens is 186 g/mol. The second kappa shape index (κ2) is 5.24. The van der Waals surface area contributed by atoms with Crippen molar-refractivity contribution in [2.75, 3.05) is 19.6 Å². The van der Waals surface area contributed by atoms with Crippen molar-refractivity contribution in [1.82, 2.24) is 9.88 Å². The van der Waals surface area contributed by atoms with Crippen LogP contribution in [0.4, 0.5) is 0 Å². The average molecular weight is 205 g/mol. The van der Waals surface area contributed by atoms with E-state index in [4.69, 9.17) is 5.73 Å². The Bertz CT molecular complexity index is 278. The van der Waals surface area contributed by atoms with Gasteiger partial charge in [-0.15, -0.1) is 0 Å². The number of nitrogens with two attached hydrogens (primary N) is 1. The smallest absolute Gasteiger partial charge is 0.0271 e. The Morgan fingerprint density at radius 2 is 1.93 bits per heavy atom. The lowest BCUT2D eigenvalue weighted by atomic mass is 9.97. The number of piperidine rings is 1. The van der Waals surface area contributed by atoms with Gasteiger partial charge in [0.25, 0.3) is 0 Å². The van der Waals surface area contributed by atoms with Crippen molar-refractivity contribution < 1.29 is 0 Å². The van der Waals surface area contributed by atoms with Crippen LogP contribution in [0.15, 0.2) is 24.5 Å². The minimum Gasteiger partial charge on any atom is -0.330 e. The number of pyridine rings is 1. The predicted octanol–water partition coefficient (Wildman–Crippen LogP) is 1.25. The van der Waals surface area contributed by atoms with E-state index in [0.29, 0.717) is 0 Å². The van der Waals surface area contributed by atoms with Crippen LogP contribution in [0.2, 0.25) is 0 Å². The van der Waals surface area contributed by atoms with E-state index >= 15 is 0 Å². The Balaban J connectivity index is 1.82. The molecule has 3 nitrogen and oxygen atoms in total. The molecule has 2 heterocycles. The van der Waals surface area contributed by atoms with Gasteiger partial charge in [-0.2, -0.15) is 0 Å². The monoisotopic (exact) mass is 205 g/mol. The third-order valence-corrected chi connectivity index (χ3v) is 3.20. The minimum atomic E-state index is 0.749. The summed E-state index contributed by atoms with van der Waals surface area (Å²) in [6.45, 7) is 4.28. The molecular formula is C12H19N3. The normalized spacial score (nSPS) is 19.3. The van der Waals surface area contributed by atoms with E-state index in [9.17, 15) is 0 Å². The third kappa shape index (κ3) is 3.01. The molecule has 0 radical (unpaired) electrons. The first-order valence-corrected chi connectivity index (χ1v) is 5.70. The summed E-state index contributed by atoms with van der Waals surface area (Å²) in [7, 11) is 0. The summed E-state index contributed by atoms with van der Waals surface area (Å²) >= 11 is 0. The SMILES string of the molecule is NCC1CCN(Cc2ccncc2)CC1. The van der Waals surface area contributed by atoms with Crippen LogP contribution in [-0.2, 0) is 6.54 Å². The van der Waals surface area contributed by atoms with Crippen LogP contribution < -0.4 is 5.73 Å². The molecule has 1 aromatic heterocycles. The molecule has 0 saturated carbocycles. The van der Waals surface area contributed by atoms with E-state index in [0.717, 1.165) is 19.0 Å². The van der Waals surface area contributed by atoms with Crippen molar-refractivity contribution >= 4 is 0 Å². The number of hydrogen-bond donors (Lipinski definition) is 1. The summed E-state index contributed by atoms with van der Waals surface area (Å²) in [6, 6.07) is 4.18. The van der Waals surface area contributed by atoms with Crippen molar-refractivity contribution in [3.8, 4) is 0 Å². The average Bonchev–Trinajstić information content (AvgIpc) is 2.31. The molecule has 1 aromatic rings. The van der Waals surface area contributed by atoms with Crippen molar-refractivity contribution in [3.63, 3.8) is 0 Å². The van der Waals surface area contributed by atoms with E-state index < -0.39 is 0 Å². The lowest BCUT2D eigenvalue weighted by molar-refractivity contribution is 0.180. The molecule has 0 unspecified atom stereocenters. The molecule has 0 atom stereocenters.